The lowest BCUT2D eigenvalue weighted by molar-refractivity contribution is -0.111. The van der Waals surface area contributed by atoms with E-state index in [-0.39, 0.29) is 5.91 Å². The first kappa shape index (κ1) is 15.3. The summed E-state index contributed by atoms with van der Waals surface area (Å²) in [5.41, 5.74) is 4.24. The van der Waals surface area contributed by atoms with Crippen LogP contribution >= 0.6 is 0 Å². The minimum absolute atomic E-state index is 0.0998. The van der Waals surface area contributed by atoms with Gasteiger partial charge < -0.3 is 10.2 Å². The maximum atomic E-state index is 12.2. The first-order chi connectivity index (χ1) is 11.2. The minimum atomic E-state index is -0.0998. The van der Waals surface area contributed by atoms with Crippen LogP contribution in [0.3, 0.4) is 0 Å². The van der Waals surface area contributed by atoms with Gasteiger partial charge in [-0.3, -0.25) is 4.79 Å². The zero-order valence-corrected chi connectivity index (χ0v) is 13.5. The molecule has 1 saturated heterocycles. The van der Waals surface area contributed by atoms with Crippen LogP contribution in [0.25, 0.3) is 6.08 Å². The molecule has 0 spiro atoms. The van der Waals surface area contributed by atoms with Gasteiger partial charge in [-0.05, 0) is 43.5 Å². The van der Waals surface area contributed by atoms with Gasteiger partial charge in [-0.1, -0.05) is 42.0 Å². The third-order valence-corrected chi connectivity index (χ3v) is 4.11. The van der Waals surface area contributed by atoms with Crippen molar-refractivity contribution in [3.63, 3.8) is 0 Å². The van der Waals surface area contributed by atoms with Gasteiger partial charge in [-0.15, -0.1) is 0 Å². The molecule has 3 nitrogen and oxygen atoms in total. The number of rotatable bonds is 4. The molecule has 1 aliphatic rings. The summed E-state index contributed by atoms with van der Waals surface area (Å²) in [6.45, 7) is 4.17. The topological polar surface area (TPSA) is 32.3 Å². The standard InChI is InChI=1S/C20H22N2O/c1-16-8-10-17(11-9-16)12-13-20(23)21-18-6-2-3-7-19(18)22-14-4-5-15-22/h2-3,6-13H,4-5,14-15H2,1H3,(H,21,23)/b13-12+. The van der Waals surface area contributed by atoms with E-state index in [0.29, 0.717) is 0 Å². The SMILES string of the molecule is Cc1ccc(/C=C/C(=O)Nc2ccccc2N2CCCC2)cc1. The fourth-order valence-electron chi connectivity index (χ4n) is 2.84. The van der Waals surface area contributed by atoms with Crippen LogP contribution in [0, 0.1) is 6.92 Å². The summed E-state index contributed by atoms with van der Waals surface area (Å²) < 4.78 is 0. The second-order valence-corrected chi connectivity index (χ2v) is 5.94. The highest BCUT2D eigenvalue weighted by Gasteiger charge is 2.15. The molecular formula is C20H22N2O. The highest BCUT2D eigenvalue weighted by Crippen LogP contribution is 2.28. The van der Waals surface area contributed by atoms with E-state index in [1.165, 1.54) is 18.4 Å². The van der Waals surface area contributed by atoms with Gasteiger partial charge in [-0.25, -0.2) is 0 Å². The molecule has 0 aliphatic carbocycles. The molecule has 0 radical (unpaired) electrons. The number of hydrogen-bond donors (Lipinski definition) is 1. The Morgan fingerprint density at radius 2 is 1.74 bits per heavy atom. The van der Waals surface area contributed by atoms with E-state index < -0.39 is 0 Å². The highest BCUT2D eigenvalue weighted by molar-refractivity contribution is 6.03. The molecule has 2 aromatic carbocycles. The largest absolute Gasteiger partial charge is 0.370 e. The molecule has 1 aliphatic heterocycles. The Morgan fingerprint density at radius 3 is 2.48 bits per heavy atom. The van der Waals surface area contributed by atoms with Crippen LogP contribution in [-0.2, 0) is 4.79 Å². The van der Waals surface area contributed by atoms with E-state index in [0.717, 1.165) is 30.0 Å². The number of hydrogen-bond acceptors (Lipinski definition) is 2. The summed E-state index contributed by atoms with van der Waals surface area (Å²) in [6, 6.07) is 16.1. The second kappa shape index (κ2) is 7.14. The number of anilines is 2. The van der Waals surface area contributed by atoms with Gasteiger partial charge in [0.1, 0.15) is 0 Å². The average Bonchev–Trinajstić information content (AvgIpc) is 3.09. The number of carbonyl (C=O) groups excluding carboxylic acids is 1. The molecule has 0 bridgehead atoms. The summed E-state index contributed by atoms with van der Waals surface area (Å²) in [6.07, 6.45) is 5.86. The lowest BCUT2D eigenvalue weighted by Crippen LogP contribution is -2.20. The molecule has 0 saturated carbocycles. The maximum absolute atomic E-state index is 12.2. The lowest BCUT2D eigenvalue weighted by Gasteiger charge is -2.21. The van der Waals surface area contributed by atoms with E-state index in [1.54, 1.807) is 6.08 Å². The van der Waals surface area contributed by atoms with Crippen molar-refractivity contribution in [3.8, 4) is 0 Å². The smallest absolute Gasteiger partial charge is 0.248 e. The number of nitrogens with one attached hydrogen (secondary N) is 1. The predicted molar refractivity (Wildman–Crippen MR) is 96.7 cm³/mol. The van der Waals surface area contributed by atoms with Crippen LogP contribution in [-0.4, -0.2) is 19.0 Å². The van der Waals surface area contributed by atoms with Crippen molar-refractivity contribution in [1.29, 1.82) is 0 Å². The highest BCUT2D eigenvalue weighted by atomic mass is 16.1. The van der Waals surface area contributed by atoms with E-state index in [4.69, 9.17) is 0 Å². The lowest BCUT2D eigenvalue weighted by atomic mass is 10.1. The number of carbonyl (C=O) groups is 1. The van der Waals surface area contributed by atoms with Crippen LogP contribution in [0.5, 0.6) is 0 Å². The zero-order chi connectivity index (χ0) is 16.1. The molecule has 0 unspecified atom stereocenters. The number of amides is 1. The molecule has 2 aromatic rings. The van der Waals surface area contributed by atoms with Crippen molar-refractivity contribution in [3.05, 3.63) is 65.7 Å². The van der Waals surface area contributed by atoms with Crippen molar-refractivity contribution in [2.45, 2.75) is 19.8 Å². The maximum Gasteiger partial charge on any atom is 0.248 e. The van der Waals surface area contributed by atoms with Crippen molar-refractivity contribution < 1.29 is 4.79 Å². The summed E-state index contributed by atoms with van der Waals surface area (Å²) in [4.78, 5) is 14.5. The molecule has 3 heteroatoms. The predicted octanol–water partition coefficient (Wildman–Crippen LogP) is 4.25. The number of nitrogens with zero attached hydrogens (tertiary/aromatic N) is 1. The first-order valence-corrected chi connectivity index (χ1v) is 8.12. The molecule has 0 atom stereocenters. The third kappa shape index (κ3) is 4.01. The Kier molecular flexibility index (Phi) is 4.77. The van der Waals surface area contributed by atoms with Crippen molar-refractivity contribution in [2.75, 3.05) is 23.3 Å². The van der Waals surface area contributed by atoms with Crippen molar-refractivity contribution >= 4 is 23.4 Å². The van der Waals surface area contributed by atoms with Crippen molar-refractivity contribution in [2.24, 2.45) is 0 Å². The molecule has 0 aromatic heterocycles. The van der Waals surface area contributed by atoms with Gasteiger partial charge in [-0.2, -0.15) is 0 Å². The number of benzene rings is 2. The molecule has 118 valence electrons. The average molecular weight is 306 g/mol. The van der Waals surface area contributed by atoms with E-state index >= 15 is 0 Å². The molecule has 1 amide bonds. The van der Waals surface area contributed by atoms with E-state index in [2.05, 4.69) is 23.2 Å². The third-order valence-electron chi connectivity index (χ3n) is 4.11. The summed E-state index contributed by atoms with van der Waals surface area (Å²) in [5, 5.41) is 3.00. The summed E-state index contributed by atoms with van der Waals surface area (Å²) in [5.74, 6) is -0.0998. The molecule has 3 rings (SSSR count). The Morgan fingerprint density at radius 1 is 1.04 bits per heavy atom. The summed E-state index contributed by atoms with van der Waals surface area (Å²) in [7, 11) is 0. The molecular weight excluding hydrogens is 284 g/mol. The zero-order valence-electron chi connectivity index (χ0n) is 13.5. The Balaban J connectivity index is 1.69. The fourth-order valence-corrected chi connectivity index (χ4v) is 2.84. The summed E-state index contributed by atoms with van der Waals surface area (Å²) >= 11 is 0. The Labute approximate surface area is 137 Å². The molecule has 1 N–H and O–H groups in total. The van der Waals surface area contributed by atoms with Crippen LogP contribution < -0.4 is 10.2 Å². The van der Waals surface area contributed by atoms with Gasteiger partial charge in [0.05, 0.1) is 11.4 Å². The normalized spacial score (nSPS) is 14.4. The number of aryl methyl sites for hydroxylation is 1. The van der Waals surface area contributed by atoms with Crippen LogP contribution in [0.1, 0.15) is 24.0 Å². The van der Waals surface area contributed by atoms with E-state index in [9.17, 15) is 4.79 Å². The van der Waals surface area contributed by atoms with Gasteiger partial charge in [0.2, 0.25) is 5.91 Å². The van der Waals surface area contributed by atoms with Gasteiger partial charge in [0.25, 0.3) is 0 Å². The second-order valence-electron chi connectivity index (χ2n) is 5.94. The van der Waals surface area contributed by atoms with Gasteiger partial charge >= 0.3 is 0 Å². The van der Waals surface area contributed by atoms with Crippen molar-refractivity contribution in [1.82, 2.24) is 0 Å². The molecule has 23 heavy (non-hydrogen) atoms. The Bertz CT molecular complexity index is 698. The minimum Gasteiger partial charge on any atom is -0.370 e. The monoisotopic (exact) mass is 306 g/mol. The van der Waals surface area contributed by atoms with Gasteiger partial charge in [0.15, 0.2) is 0 Å². The van der Waals surface area contributed by atoms with Crippen LogP contribution in [0.2, 0.25) is 0 Å². The number of para-hydroxylation sites is 2. The molecule has 1 fully saturated rings. The first-order valence-electron chi connectivity index (χ1n) is 8.12. The fraction of sp³-hybridized carbons (Fsp3) is 0.250. The Hall–Kier alpha value is -2.55. The van der Waals surface area contributed by atoms with Crippen LogP contribution in [0.15, 0.2) is 54.6 Å². The molecule has 1 heterocycles. The quantitative estimate of drug-likeness (QED) is 0.857. The van der Waals surface area contributed by atoms with E-state index in [1.807, 2.05) is 48.5 Å². The van der Waals surface area contributed by atoms with Crippen LogP contribution in [0.4, 0.5) is 11.4 Å². The van der Waals surface area contributed by atoms with Gasteiger partial charge in [0, 0.05) is 19.2 Å².